The molecule has 0 saturated heterocycles. The Bertz CT molecular complexity index is 878. The van der Waals surface area contributed by atoms with E-state index in [-0.39, 0.29) is 5.48 Å². The minimum atomic E-state index is 0. The Hall–Kier alpha value is -2.57. The summed E-state index contributed by atoms with van der Waals surface area (Å²) in [6.45, 7) is 2.12. The van der Waals surface area contributed by atoms with Crippen LogP contribution < -0.4 is 13.9 Å². The van der Waals surface area contributed by atoms with Gasteiger partial charge in [0.2, 0.25) is 0 Å². The zero-order valence-electron chi connectivity index (χ0n) is 15.0. The molecule has 0 radical (unpaired) electrons. The quantitative estimate of drug-likeness (QED) is 0.739. The number of methoxy groups -OCH3 is 2. The number of aromatic nitrogens is 2. The molecule has 7 heteroatoms. The van der Waals surface area contributed by atoms with Gasteiger partial charge in [-0.05, 0) is 24.1 Å². The summed E-state index contributed by atoms with van der Waals surface area (Å²) in [5.74, 6) is 1.85. The number of nitrogens with zero attached hydrogens (tertiary/aromatic N) is 3. The van der Waals surface area contributed by atoms with Crippen molar-refractivity contribution >= 4 is 28.5 Å². The van der Waals surface area contributed by atoms with Crippen molar-refractivity contribution in [3.8, 4) is 11.5 Å². The van der Waals surface area contributed by atoms with E-state index in [4.69, 9.17) is 21.3 Å². The first-order valence-corrected chi connectivity index (χ1v) is 8.40. The normalized spacial score (nSPS) is 14.8. The lowest BCUT2D eigenvalue weighted by molar-refractivity contribution is 0.356. The van der Waals surface area contributed by atoms with Gasteiger partial charge in [0, 0.05) is 35.3 Å². The fraction of sp³-hybridized carbons (Fsp3) is 0.263. The van der Waals surface area contributed by atoms with Crippen LogP contribution in [0.15, 0.2) is 54.0 Å². The number of allylic oxidation sites excluding steroid dienone is 5. The highest BCUT2D eigenvalue weighted by Crippen LogP contribution is 2.37. The van der Waals surface area contributed by atoms with Gasteiger partial charge in [-0.15, -0.1) is 0 Å². The van der Waals surface area contributed by atoms with Crippen LogP contribution in [0.2, 0.25) is 0 Å². The first kappa shape index (κ1) is 19.8. The maximum Gasteiger partial charge on any atom is 0.162 e. The summed E-state index contributed by atoms with van der Waals surface area (Å²) >= 11 is 6.64. The van der Waals surface area contributed by atoms with Crippen molar-refractivity contribution in [2.75, 3.05) is 18.6 Å². The van der Waals surface area contributed by atoms with Crippen molar-refractivity contribution in [1.82, 2.24) is 9.97 Å². The topological polar surface area (TPSA) is 79.0 Å². The van der Waals surface area contributed by atoms with Crippen LogP contribution >= 0.6 is 11.8 Å². The Morgan fingerprint density at radius 1 is 1.19 bits per heavy atom. The van der Waals surface area contributed by atoms with E-state index in [1.807, 2.05) is 24.3 Å². The fourth-order valence-electron chi connectivity index (χ4n) is 2.81. The van der Waals surface area contributed by atoms with Crippen LogP contribution in [-0.4, -0.2) is 29.7 Å². The minimum Gasteiger partial charge on any atom is -0.493 e. The maximum atomic E-state index is 6.64. The van der Waals surface area contributed by atoms with Crippen LogP contribution in [0.4, 0.5) is 5.82 Å². The molecule has 2 N–H and O–H groups in total. The zero-order valence-corrected chi connectivity index (χ0v) is 15.7. The minimum absolute atomic E-state index is 0. The molecule has 0 unspecified atom stereocenters. The van der Waals surface area contributed by atoms with E-state index in [2.05, 4.69) is 29.0 Å². The van der Waals surface area contributed by atoms with Crippen molar-refractivity contribution in [1.29, 1.82) is 0 Å². The molecule has 1 aromatic heterocycles. The predicted octanol–water partition coefficient (Wildman–Crippen LogP) is 3.96. The number of halogens is 1. The van der Waals surface area contributed by atoms with Gasteiger partial charge in [0.1, 0.15) is 6.33 Å². The van der Waals surface area contributed by atoms with E-state index in [0.29, 0.717) is 17.3 Å². The van der Waals surface area contributed by atoms with Crippen LogP contribution in [0, 0.1) is 0 Å². The van der Waals surface area contributed by atoms with E-state index in [1.165, 1.54) is 11.9 Å². The molecule has 0 fully saturated rings. The number of rotatable bonds is 5. The Morgan fingerprint density at radius 3 is 2.62 bits per heavy atom. The molecule has 1 aliphatic rings. The summed E-state index contributed by atoms with van der Waals surface area (Å²) in [7, 11) is 3.20. The molecule has 0 bridgehead atoms. The van der Waals surface area contributed by atoms with E-state index >= 15 is 0 Å². The lowest BCUT2D eigenvalue weighted by Crippen LogP contribution is -2.14. The summed E-state index contributed by atoms with van der Waals surface area (Å²) in [4.78, 5) is 8.71. The zero-order chi connectivity index (χ0) is 17.8. The molecule has 0 atom stereocenters. The number of anilines is 1. The molecular formula is C19H22ClN3O3. The summed E-state index contributed by atoms with van der Waals surface area (Å²) in [6, 6.07) is 3.67. The van der Waals surface area contributed by atoms with Crippen molar-refractivity contribution < 1.29 is 14.9 Å². The molecule has 2 aromatic rings. The second-order valence-electron chi connectivity index (χ2n) is 5.58. The van der Waals surface area contributed by atoms with Crippen LogP contribution in [0.3, 0.4) is 0 Å². The third-order valence-electron chi connectivity index (χ3n) is 4.01. The molecule has 0 aliphatic heterocycles. The fourth-order valence-corrected chi connectivity index (χ4v) is 3.06. The molecule has 3 rings (SSSR count). The maximum absolute atomic E-state index is 6.64. The highest BCUT2D eigenvalue weighted by atomic mass is 35.5. The van der Waals surface area contributed by atoms with Crippen LogP contribution in [0.25, 0.3) is 10.9 Å². The highest BCUT2D eigenvalue weighted by molar-refractivity contribution is 6.28. The van der Waals surface area contributed by atoms with Gasteiger partial charge in [-0.1, -0.05) is 25.2 Å². The lowest BCUT2D eigenvalue weighted by Gasteiger charge is -2.22. The predicted molar refractivity (Wildman–Crippen MR) is 105 cm³/mol. The first-order valence-electron chi connectivity index (χ1n) is 8.06. The van der Waals surface area contributed by atoms with E-state index in [0.717, 1.165) is 29.4 Å². The summed E-state index contributed by atoms with van der Waals surface area (Å²) in [5.41, 5.74) is 2.94. The second kappa shape index (κ2) is 8.69. The van der Waals surface area contributed by atoms with Gasteiger partial charge in [-0.2, -0.15) is 0 Å². The molecule has 1 heterocycles. The van der Waals surface area contributed by atoms with Crippen molar-refractivity contribution in [2.45, 2.75) is 19.8 Å². The van der Waals surface area contributed by atoms with Gasteiger partial charge in [0.25, 0.3) is 0 Å². The average Bonchev–Trinajstić information content (AvgIpc) is 2.66. The highest BCUT2D eigenvalue weighted by Gasteiger charge is 2.18. The molecule has 0 saturated carbocycles. The Morgan fingerprint density at radius 2 is 1.92 bits per heavy atom. The van der Waals surface area contributed by atoms with E-state index < -0.39 is 0 Å². The first-order chi connectivity index (χ1) is 12.2. The smallest absolute Gasteiger partial charge is 0.162 e. The largest absolute Gasteiger partial charge is 0.493 e. The van der Waals surface area contributed by atoms with Gasteiger partial charge >= 0.3 is 0 Å². The molecule has 26 heavy (non-hydrogen) atoms. The number of fused-ring (bicyclic) bond motifs is 1. The Labute approximate surface area is 157 Å². The number of hydrogen-bond donors (Lipinski definition) is 0. The van der Waals surface area contributed by atoms with Gasteiger partial charge < -0.3 is 14.9 Å². The summed E-state index contributed by atoms with van der Waals surface area (Å²) in [6.07, 6.45) is 11.5. The van der Waals surface area contributed by atoms with E-state index in [9.17, 15) is 0 Å². The second-order valence-corrected chi connectivity index (χ2v) is 5.92. The van der Waals surface area contributed by atoms with Gasteiger partial charge in [0.15, 0.2) is 17.3 Å². The number of ether oxygens (including phenoxy) is 2. The summed E-state index contributed by atoms with van der Waals surface area (Å²) in [5, 5.41) is 0.798. The summed E-state index contributed by atoms with van der Waals surface area (Å²) < 4.78 is 12.3. The molecular weight excluding hydrogens is 354 g/mol. The van der Waals surface area contributed by atoms with Crippen LogP contribution in [-0.2, 0) is 0 Å². The number of hydrogen-bond acceptors (Lipinski definition) is 5. The van der Waals surface area contributed by atoms with Gasteiger partial charge in [0.05, 0.1) is 19.7 Å². The van der Waals surface area contributed by atoms with Gasteiger partial charge in [-0.3, -0.25) is 0 Å². The standard InChI is InChI=1S/C19H20ClN3O2.H2O/c1-4-6-13-7-5-8-14(9-13)23(20)19-15-10-17(24-2)18(25-3)11-16(15)21-12-22-19;/h5-8,10-12H,4,9H2,1-3H3;1H2. The van der Waals surface area contributed by atoms with Crippen molar-refractivity contribution in [3.05, 3.63) is 54.0 Å². The third-order valence-corrected chi connectivity index (χ3v) is 4.39. The Balaban J connectivity index is 0.00000243. The molecule has 0 spiro atoms. The SMILES string of the molecule is CCC=C1C=CC=C(N(Cl)c2ncnc3cc(OC)c(OC)cc23)C1.O. The van der Waals surface area contributed by atoms with Crippen LogP contribution in [0.5, 0.6) is 11.5 Å². The molecule has 1 aliphatic carbocycles. The van der Waals surface area contributed by atoms with Crippen molar-refractivity contribution in [3.63, 3.8) is 0 Å². The van der Waals surface area contributed by atoms with E-state index in [1.54, 1.807) is 18.6 Å². The molecule has 138 valence electrons. The third kappa shape index (κ3) is 3.81. The average molecular weight is 376 g/mol. The molecule has 1 aromatic carbocycles. The molecule has 6 nitrogen and oxygen atoms in total. The van der Waals surface area contributed by atoms with Crippen LogP contribution in [0.1, 0.15) is 19.8 Å². The van der Waals surface area contributed by atoms with Crippen molar-refractivity contribution in [2.24, 2.45) is 0 Å². The molecule has 0 amide bonds. The number of benzene rings is 1. The van der Waals surface area contributed by atoms with Gasteiger partial charge in [-0.25, -0.2) is 14.4 Å². The lowest BCUT2D eigenvalue weighted by atomic mass is 10.0. The monoisotopic (exact) mass is 375 g/mol. The Kier molecular flexibility index (Phi) is 6.60.